The third kappa shape index (κ3) is 4.67. The van der Waals surface area contributed by atoms with Crippen molar-refractivity contribution in [1.82, 2.24) is 25.0 Å². The van der Waals surface area contributed by atoms with Gasteiger partial charge in [-0.05, 0) is 37.3 Å². The second-order valence-electron chi connectivity index (χ2n) is 7.52. The van der Waals surface area contributed by atoms with Gasteiger partial charge < -0.3 is 11.1 Å². The monoisotopic (exact) mass is 498 g/mol. The van der Waals surface area contributed by atoms with Crippen molar-refractivity contribution in [2.75, 3.05) is 5.32 Å². The van der Waals surface area contributed by atoms with Crippen LogP contribution in [0.4, 0.5) is 23.2 Å². The molecule has 0 bridgehead atoms. The van der Waals surface area contributed by atoms with Crippen molar-refractivity contribution >= 4 is 28.4 Å². The average molecular weight is 498 g/mol. The van der Waals surface area contributed by atoms with Gasteiger partial charge in [-0.3, -0.25) is 14.3 Å². The molecule has 0 fully saturated rings. The van der Waals surface area contributed by atoms with Gasteiger partial charge in [0.05, 0.1) is 34.7 Å². The predicted octanol–water partition coefficient (Wildman–Crippen LogP) is 2.96. The Morgan fingerprint density at radius 1 is 1.17 bits per heavy atom. The first kappa shape index (κ1) is 24.2. The molecular weight excluding hydrogens is 484 g/mol. The van der Waals surface area contributed by atoms with E-state index in [0.29, 0.717) is 0 Å². The van der Waals surface area contributed by atoms with E-state index in [9.17, 15) is 27.2 Å². The molecule has 182 valence electrons. The maximum absolute atomic E-state index is 13.8. The summed E-state index contributed by atoms with van der Waals surface area (Å²) in [6, 6.07) is 8.75. The first-order valence-electron chi connectivity index (χ1n) is 10.1. The Balaban J connectivity index is 1.76. The normalized spacial score (nSPS) is 11.3. The lowest BCUT2D eigenvalue weighted by atomic mass is 10.1. The van der Waals surface area contributed by atoms with E-state index in [1.807, 2.05) is 0 Å². The number of alkyl halides is 3. The van der Waals surface area contributed by atoms with Gasteiger partial charge in [-0.2, -0.15) is 28.6 Å². The Labute approximate surface area is 199 Å². The third-order valence-electron chi connectivity index (χ3n) is 5.13. The first-order valence-corrected chi connectivity index (χ1v) is 10.1. The summed E-state index contributed by atoms with van der Waals surface area (Å²) >= 11 is 0. The summed E-state index contributed by atoms with van der Waals surface area (Å²) in [5, 5.41) is 22.1. The van der Waals surface area contributed by atoms with Crippen molar-refractivity contribution in [3.05, 3.63) is 76.2 Å². The Morgan fingerprint density at radius 2 is 1.92 bits per heavy atom. The van der Waals surface area contributed by atoms with Crippen LogP contribution in [0.3, 0.4) is 0 Å². The molecule has 0 unspecified atom stereocenters. The average Bonchev–Trinajstić information content (AvgIpc) is 3.13. The van der Waals surface area contributed by atoms with Gasteiger partial charge in [0.1, 0.15) is 17.6 Å². The molecule has 0 aliphatic carbocycles. The SMILES string of the molecule is Cc1c(NC(=O)c2cc(C(N)=O)nc3cc(F)ccc23)c(C(F)(F)F)nn1Cc1ccc(C#N)nn1. The molecule has 10 nitrogen and oxygen atoms in total. The highest BCUT2D eigenvalue weighted by Gasteiger charge is 2.39. The van der Waals surface area contributed by atoms with Gasteiger partial charge in [0.2, 0.25) is 0 Å². The number of nitrogens with zero attached hydrogens (tertiary/aromatic N) is 6. The van der Waals surface area contributed by atoms with Gasteiger partial charge in [0, 0.05) is 11.5 Å². The Kier molecular flexibility index (Phi) is 6.07. The van der Waals surface area contributed by atoms with Crippen molar-refractivity contribution in [3.8, 4) is 6.07 Å². The van der Waals surface area contributed by atoms with Gasteiger partial charge >= 0.3 is 6.18 Å². The van der Waals surface area contributed by atoms with Crippen molar-refractivity contribution in [3.63, 3.8) is 0 Å². The summed E-state index contributed by atoms with van der Waals surface area (Å²) in [5.74, 6) is -2.74. The zero-order chi connectivity index (χ0) is 26.2. The number of carbonyl (C=O) groups excluding carboxylic acids is 2. The van der Waals surface area contributed by atoms with E-state index >= 15 is 0 Å². The number of rotatable bonds is 5. The number of anilines is 1. The van der Waals surface area contributed by atoms with Crippen LogP contribution in [0.5, 0.6) is 0 Å². The number of amides is 2. The van der Waals surface area contributed by atoms with Crippen molar-refractivity contribution in [2.45, 2.75) is 19.6 Å². The zero-order valence-electron chi connectivity index (χ0n) is 18.3. The van der Waals surface area contributed by atoms with Crippen molar-refractivity contribution < 1.29 is 27.2 Å². The summed E-state index contributed by atoms with van der Waals surface area (Å²) in [6.45, 7) is 1.08. The van der Waals surface area contributed by atoms with Crippen LogP contribution in [-0.4, -0.2) is 36.8 Å². The number of aromatic nitrogens is 5. The van der Waals surface area contributed by atoms with Crippen LogP contribution in [0.15, 0.2) is 36.4 Å². The summed E-state index contributed by atoms with van der Waals surface area (Å²) in [7, 11) is 0. The van der Waals surface area contributed by atoms with Gasteiger partial charge in [0.25, 0.3) is 11.8 Å². The van der Waals surface area contributed by atoms with Crippen LogP contribution < -0.4 is 11.1 Å². The summed E-state index contributed by atoms with van der Waals surface area (Å²) in [5.41, 5.74) is 2.75. The van der Waals surface area contributed by atoms with Crippen LogP contribution in [0.1, 0.15) is 43.6 Å². The van der Waals surface area contributed by atoms with E-state index in [1.54, 1.807) is 6.07 Å². The molecule has 0 radical (unpaired) electrons. The zero-order valence-corrected chi connectivity index (χ0v) is 18.3. The quantitative estimate of drug-likeness (QED) is 0.401. The number of nitrogens with two attached hydrogens (primary N) is 1. The van der Waals surface area contributed by atoms with E-state index in [4.69, 9.17) is 11.0 Å². The molecule has 4 rings (SSSR count). The predicted molar refractivity (Wildman–Crippen MR) is 116 cm³/mol. The second kappa shape index (κ2) is 9.02. The smallest absolute Gasteiger partial charge is 0.364 e. The summed E-state index contributed by atoms with van der Waals surface area (Å²) < 4.78 is 56.1. The number of hydrogen-bond acceptors (Lipinski definition) is 7. The molecule has 4 aromatic rings. The molecule has 3 aromatic heterocycles. The Morgan fingerprint density at radius 3 is 2.53 bits per heavy atom. The highest BCUT2D eigenvalue weighted by atomic mass is 19.4. The number of halogens is 4. The van der Waals surface area contributed by atoms with E-state index < -0.39 is 35.2 Å². The van der Waals surface area contributed by atoms with Gasteiger partial charge in [-0.1, -0.05) is 0 Å². The summed E-state index contributed by atoms with van der Waals surface area (Å²) in [4.78, 5) is 28.7. The molecule has 36 heavy (non-hydrogen) atoms. The standard InChI is InChI=1S/C22H14F4N8O2/c1-10-18(19(22(24,25)26)33-34(10)9-13-4-3-12(8-27)31-32-13)30-21(36)15-7-17(20(28)35)29-16-6-11(23)2-5-14(15)16/h2-7H,9H2,1H3,(H2,28,35)(H,30,36). The number of hydrogen-bond donors (Lipinski definition) is 2. The Hall–Kier alpha value is -4.93. The number of nitrogens with one attached hydrogen (secondary N) is 1. The van der Waals surface area contributed by atoms with E-state index in [0.717, 1.165) is 22.9 Å². The number of nitriles is 1. The van der Waals surface area contributed by atoms with Crippen LogP contribution in [0.2, 0.25) is 0 Å². The lowest BCUT2D eigenvalue weighted by molar-refractivity contribution is -0.140. The van der Waals surface area contributed by atoms with E-state index in [1.165, 1.54) is 25.1 Å². The van der Waals surface area contributed by atoms with Crippen LogP contribution in [-0.2, 0) is 12.7 Å². The fraction of sp³-hybridized carbons (Fsp3) is 0.136. The molecule has 0 atom stereocenters. The van der Waals surface area contributed by atoms with E-state index in [2.05, 4.69) is 25.6 Å². The van der Waals surface area contributed by atoms with Gasteiger partial charge in [-0.25, -0.2) is 9.37 Å². The minimum absolute atomic E-state index is 0.0275. The molecule has 0 saturated heterocycles. The van der Waals surface area contributed by atoms with Crippen LogP contribution in [0.25, 0.3) is 10.9 Å². The highest BCUT2D eigenvalue weighted by Crippen LogP contribution is 2.36. The number of carbonyl (C=O) groups is 2. The fourth-order valence-electron chi connectivity index (χ4n) is 3.40. The number of primary amides is 1. The molecule has 1 aromatic carbocycles. The molecule has 0 aliphatic heterocycles. The third-order valence-corrected chi connectivity index (χ3v) is 5.13. The number of benzene rings is 1. The van der Waals surface area contributed by atoms with E-state index in [-0.39, 0.29) is 45.8 Å². The molecule has 2 amide bonds. The van der Waals surface area contributed by atoms with Gasteiger partial charge in [0.15, 0.2) is 11.4 Å². The second-order valence-corrected chi connectivity index (χ2v) is 7.52. The largest absolute Gasteiger partial charge is 0.437 e. The minimum Gasteiger partial charge on any atom is -0.364 e. The minimum atomic E-state index is -4.93. The number of fused-ring (bicyclic) bond motifs is 1. The first-order chi connectivity index (χ1) is 17.0. The lowest BCUT2D eigenvalue weighted by Gasteiger charge is -2.11. The highest BCUT2D eigenvalue weighted by molar-refractivity contribution is 6.14. The topological polar surface area (TPSA) is 152 Å². The van der Waals surface area contributed by atoms with Crippen molar-refractivity contribution in [2.24, 2.45) is 5.73 Å². The molecular formula is C22H14F4N8O2. The lowest BCUT2D eigenvalue weighted by Crippen LogP contribution is -2.19. The molecule has 0 spiro atoms. The Bertz CT molecular complexity index is 1560. The fourth-order valence-corrected chi connectivity index (χ4v) is 3.40. The molecule has 0 aliphatic rings. The van der Waals surface area contributed by atoms with Crippen LogP contribution >= 0.6 is 0 Å². The molecule has 3 heterocycles. The number of pyridine rings is 1. The van der Waals surface area contributed by atoms with Crippen LogP contribution in [0, 0.1) is 24.1 Å². The molecule has 3 N–H and O–H groups in total. The maximum Gasteiger partial charge on any atom is 0.437 e. The van der Waals surface area contributed by atoms with Gasteiger partial charge in [-0.15, -0.1) is 5.10 Å². The summed E-state index contributed by atoms with van der Waals surface area (Å²) in [6.07, 6.45) is -4.93. The molecule has 14 heteroatoms. The van der Waals surface area contributed by atoms with Crippen molar-refractivity contribution in [1.29, 1.82) is 5.26 Å². The maximum atomic E-state index is 13.8. The molecule has 0 saturated carbocycles.